The monoisotopic (exact) mass is 642 g/mol. The fraction of sp³-hybridized carbons (Fsp3) is 0.432. The van der Waals surface area contributed by atoms with E-state index in [2.05, 4.69) is 51.7 Å². The number of unbranched alkanes of at least 4 members (excludes halogenated alkanes) is 3. The van der Waals surface area contributed by atoms with Gasteiger partial charge in [-0.1, -0.05) is 62.1 Å². The Hall–Kier alpha value is -4.41. The molecule has 0 saturated carbocycles. The van der Waals surface area contributed by atoms with Gasteiger partial charge in [-0.2, -0.15) is 0 Å². The minimum absolute atomic E-state index is 0.0575. The summed E-state index contributed by atoms with van der Waals surface area (Å²) in [6.07, 6.45) is 17.1. The second-order valence-electron chi connectivity index (χ2n) is 12.6. The number of hydrogen-bond acceptors (Lipinski definition) is 6. The van der Waals surface area contributed by atoms with Crippen LogP contribution in [0.2, 0.25) is 0 Å². The quantitative estimate of drug-likeness (QED) is 0.0286. The molecule has 0 aliphatic heterocycles. The van der Waals surface area contributed by atoms with Gasteiger partial charge in [0.2, 0.25) is 0 Å². The first-order valence-corrected chi connectivity index (χ1v) is 16.7. The van der Waals surface area contributed by atoms with Crippen molar-refractivity contribution in [3.8, 4) is 0 Å². The highest BCUT2D eigenvalue weighted by atomic mass is 16.4. The molecule has 1 heterocycles. The average molecular weight is 643 g/mol. The Balaban J connectivity index is 1.64. The van der Waals surface area contributed by atoms with E-state index >= 15 is 0 Å². The lowest BCUT2D eigenvalue weighted by Gasteiger charge is -2.34. The molecule has 0 radical (unpaired) electrons. The predicted octanol–water partition coefficient (Wildman–Crippen LogP) is 5.23. The Kier molecular flexibility index (Phi) is 13.6. The zero-order valence-electron chi connectivity index (χ0n) is 27.1. The first kappa shape index (κ1) is 35.4. The second-order valence-corrected chi connectivity index (χ2v) is 12.6. The number of nitrogens with two attached hydrogens (primary N) is 3. The van der Waals surface area contributed by atoms with Crippen LogP contribution in [0.3, 0.4) is 0 Å². The van der Waals surface area contributed by atoms with Gasteiger partial charge < -0.3 is 42.5 Å². The van der Waals surface area contributed by atoms with E-state index in [4.69, 9.17) is 22.3 Å². The van der Waals surface area contributed by atoms with Crippen LogP contribution in [-0.4, -0.2) is 58.6 Å². The minimum Gasteiger partial charge on any atom is -0.478 e. The third kappa shape index (κ3) is 10.8. The Morgan fingerprint density at radius 1 is 1.04 bits per heavy atom. The van der Waals surface area contributed by atoms with Gasteiger partial charge in [-0.25, -0.2) is 9.79 Å². The summed E-state index contributed by atoms with van der Waals surface area (Å²) in [4.78, 5) is 30.5. The van der Waals surface area contributed by atoms with Gasteiger partial charge in [0.15, 0.2) is 5.96 Å². The molecule has 10 N–H and O–H groups in total. The highest BCUT2D eigenvalue weighted by Crippen LogP contribution is 2.42. The number of rotatable bonds is 20. The summed E-state index contributed by atoms with van der Waals surface area (Å²) in [6, 6.07) is 14.2. The van der Waals surface area contributed by atoms with E-state index in [1.54, 1.807) is 0 Å². The Labute approximate surface area is 277 Å². The second kappa shape index (κ2) is 18.1. The molecule has 4 unspecified atom stereocenters. The molecule has 10 heteroatoms. The van der Waals surface area contributed by atoms with Gasteiger partial charge >= 0.3 is 5.97 Å². The molecular formula is C37H50N6O4. The van der Waals surface area contributed by atoms with Crippen LogP contribution in [-0.2, 0) is 16.0 Å². The molecule has 252 valence electrons. The van der Waals surface area contributed by atoms with Crippen molar-refractivity contribution in [1.82, 2.24) is 4.98 Å². The van der Waals surface area contributed by atoms with Gasteiger partial charge in [-0.05, 0) is 95.2 Å². The molecule has 1 aliphatic rings. The van der Waals surface area contributed by atoms with Crippen molar-refractivity contribution in [3.63, 3.8) is 0 Å². The van der Waals surface area contributed by atoms with Crippen molar-refractivity contribution < 1.29 is 19.8 Å². The molecule has 0 saturated heterocycles. The molecule has 10 nitrogen and oxygen atoms in total. The number of aliphatic carboxylic acids is 1. The number of aromatic nitrogens is 1. The fourth-order valence-corrected chi connectivity index (χ4v) is 6.67. The molecule has 2 aromatic carbocycles. The maximum absolute atomic E-state index is 11.9. The number of nitrogens with zero attached hydrogens (tertiary/aromatic N) is 1. The number of aliphatic hydroxyl groups excluding tert-OH is 1. The SMILES string of the molecule is NC(N)=NCC(=CC(=O)O)C(CC1C=Cc2cc3ccc(CC=O)cc3cc2C1CCCC(N)CCCCCCO)Nc1ccc[nH]1. The largest absolute Gasteiger partial charge is 0.478 e. The number of benzene rings is 2. The summed E-state index contributed by atoms with van der Waals surface area (Å²) in [5.41, 5.74) is 21.8. The lowest BCUT2D eigenvalue weighted by molar-refractivity contribution is -0.131. The number of aliphatic imine (C=N–C) groups is 1. The van der Waals surface area contributed by atoms with Gasteiger partial charge in [0.25, 0.3) is 0 Å². The third-order valence-corrected chi connectivity index (χ3v) is 9.07. The summed E-state index contributed by atoms with van der Waals surface area (Å²) >= 11 is 0. The smallest absolute Gasteiger partial charge is 0.328 e. The van der Waals surface area contributed by atoms with E-state index in [1.807, 2.05) is 24.4 Å². The van der Waals surface area contributed by atoms with Gasteiger partial charge in [-0.3, -0.25) is 0 Å². The number of carboxylic acid groups (broad SMARTS) is 1. The number of guanidine groups is 1. The molecule has 0 spiro atoms. The number of nitrogens with one attached hydrogen (secondary N) is 2. The average Bonchev–Trinajstić information content (AvgIpc) is 3.56. The zero-order chi connectivity index (χ0) is 33.6. The van der Waals surface area contributed by atoms with E-state index in [9.17, 15) is 14.7 Å². The molecule has 3 aromatic rings. The lowest BCUT2D eigenvalue weighted by Crippen LogP contribution is -2.31. The van der Waals surface area contributed by atoms with E-state index in [0.29, 0.717) is 18.4 Å². The summed E-state index contributed by atoms with van der Waals surface area (Å²) in [5.74, 6) is -0.154. The molecule has 4 atom stereocenters. The number of H-pyrrole nitrogens is 1. The maximum atomic E-state index is 11.9. The summed E-state index contributed by atoms with van der Waals surface area (Å²) in [7, 11) is 0. The lowest BCUT2D eigenvalue weighted by atomic mass is 9.72. The van der Waals surface area contributed by atoms with E-state index in [0.717, 1.165) is 79.8 Å². The van der Waals surface area contributed by atoms with Gasteiger partial charge in [0.1, 0.15) is 12.1 Å². The first-order valence-electron chi connectivity index (χ1n) is 16.7. The van der Waals surface area contributed by atoms with Crippen LogP contribution >= 0.6 is 0 Å². The molecule has 47 heavy (non-hydrogen) atoms. The number of hydrogen-bond donors (Lipinski definition) is 7. The normalized spacial score (nSPS) is 17.2. The number of fused-ring (bicyclic) bond motifs is 2. The van der Waals surface area contributed by atoms with Crippen LogP contribution in [0.25, 0.3) is 16.8 Å². The predicted molar refractivity (Wildman–Crippen MR) is 190 cm³/mol. The molecule has 0 fully saturated rings. The van der Waals surface area contributed by atoms with Gasteiger partial charge in [0.05, 0.1) is 12.6 Å². The van der Waals surface area contributed by atoms with Crippen LogP contribution in [0.4, 0.5) is 5.82 Å². The number of aldehydes is 1. The molecule has 4 rings (SSSR count). The highest BCUT2D eigenvalue weighted by molar-refractivity contribution is 5.88. The number of anilines is 1. The fourth-order valence-electron chi connectivity index (χ4n) is 6.67. The van der Waals surface area contributed by atoms with Crippen molar-refractivity contribution in [2.75, 3.05) is 18.5 Å². The number of carbonyl (C=O) groups is 2. The van der Waals surface area contributed by atoms with Crippen molar-refractivity contribution in [1.29, 1.82) is 0 Å². The van der Waals surface area contributed by atoms with Gasteiger partial charge in [0, 0.05) is 31.3 Å². The zero-order valence-corrected chi connectivity index (χ0v) is 27.1. The van der Waals surface area contributed by atoms with E-state index < -0.39 is 5.97 Å². The van der Waals surface area contributed by atoms with Gasteiger partial charge in [-0.15, -0.1) is 0 Å². The van der Waals surface area contributed by atoms with Crippen molar-refractivity contribution in [3.05, 3.63) is 83.1 Å². The van der Waals surface area contributed by atoms with E-state index in [1.165, 1.54) is 17.2 Å². The van der Waals surface area contributed by atoms with Crippen molar-refractivity contribution in [2.24, 2.45) is 28.1 Å². The van der Waals surface area contributed by atoms with Crippen molar-refractivity contribution >= 4 is 40.9 Å². The number of aromatic amines is 1. The minimum atomic E-state index is -1.06. The summed E-state index contributed by atoms with van der Waals surface area (Å²) in [5, 5.41) is 24.5. The van der Waals surface area contributed by atoms with Crippen LogP contribution in [0.1, 0.15) is 80.4 Å². The molecule has 1 aliphatic carbocycles. The number of carboxylic acids is 1. The molecule has 1 aromatic heterocycles. The van der Waals surface area contributed by atoms with Crippen molar-refractivity contribution in [2.45, 2.75) is 82.2 Å². The Morgan fingerprint density at radius 2 is 1.85 bits per heavy atom. The summed E-state index contributed by atoms with van der Waals surface area (Å²) < 4.78 is 0. The standard InChI is InChI=1S/C37H50N6O4/c38-31(7-3-1-2-4-17-44)8-5-9-32-28(14-13-27-20-26-12-11-25(15-18-45)19-29(26)21-33(27)32)22-34(43-35-10-6-16-41-35)30(23-36(46)47)24-42-37(39)40/h6,10-14,16,18-21,23,28,31-32,34,41,43-44H,1-5,7-9,15,17,22,24,38H2,(H,46,47)(H4,39,40,42). The number of carbonyl (C=O) groups excluding carboxylic acids is 1. The molecule has 0 amide bonds. The topological polar surface area (TPSA) is 193 Å². The summed E-state index contributed by atoms with van der Waals surface area (Å²) in [6.45, 7) is 0.295. The molecular weight excluding hydrogens is 592 g/mol. The maximum Gasteiger partial charge on any atom is 0.328 e. The Morgan fingerprint density at radius 3 is 2.57 bits per heavy atom. The van der Waals surface area contributed by atoms with Crippen LogP contribution < -0.4 is 22.5 Å². The third-order valence-electron chi connectivity index (χ3n) is 9.07. The van der Waals surface area contributed by atoms with E-state index in [-0.39, 0.29) is 43.0 Å². The van der Waals surface area contributed by atoms with Crippen LogP contribution in [0.15, 0.2) is 71.4 Å². The van der Waals surface area contributed by atoms with Crippen LogP contribution in [0, 0.1) is 5.92 Å². The number of aliphatic hydroxyl groups is 1. The number of allylic oxidation sites excluding steroid dienone is 1. The Bertz CT molecular complexity index is 1540. The first-order chi connectivity index (χ1) is 22.8. The highest BCUT2D eigenvalue weighted by Gasteiger charge is 2.30. The molecule has 0 bridgehead atoms. The van der Waals surface area contributed by atoms with Crippen LogP contribution in [0.5, 0.6) is 0 Å².